The van der Waals surface area contributed by atoms with Gasteiger partial charge in [0.05, 0.1) is 18.2 Å². The smallest absolute Gasteiger partial charge is 0.312 e. The van der Waals surface area contributed by atoms with Gasteiger partial charge in [-0.3, -0.25) is 14.0 Å². The summed E-state index contributed by atoms with van der Waals surface area (Å²) in [5.41, 5.74) is 3.08. The predicted octanol–water partition coefficient (Wildman–Crippen LogP) is 2.68. The minimum atomic E-state index is -0.449. The van der Waals surface area contributed by atoms with E-state index in [0.717, 1.165) is 29.8 Å². The monoisotopic (exact) mass is 369 g/mol. The molecule has 0 aliphatic heterocycles. The second kappa shape index (κ2) is 7.29. The van der Waals surface area contributed by atoms with Crippen molar-refractivity contribution in [3.8, 4) is 0 Å². The Hall–Kier alpha value is -2.67. The zero-order valence-corrected chi connectivity index (χ0v) is 15.0. The highest BCUT2D eigenvalue weighted by Crippen LogP contribution is 2.29. The highest BCUT2D eigenvalue weighted by molar-refractivity contribution is 7.15. The normalized spacial score (nSPS) is 16.2. The number of ether oxygens (including phenoxy) is 1. The lowest BCUT2D eigenvalue weighted by atomic mass is 9.88. The van der Waals surface area contributed by atoms with E-state index >= 15 is 0 Å². The Kier molecular flexibility index (Phi) is 4.71. The molecule has 26 heavy (non-hydrogen) atoms. The maximum atomic E-state index is 12.2. The summed E-state index contributed by atoms with van der Waals surface area (Å²) in [6, 6.07) is 8.15. The highest BCUT2D eigenvalue weighted by atomic mass is 32.1. The minimum Gasteiger partial charge on any atom is -0.455 e. The second-order valence-corrected chi connectivity index (χ2v) is 7.25. The van der Waals surface area contributed by atoms with E-state index in [1.165, 1.54) is 16.9 Å². The summed E-state index contributed by atoms with van der Waals surface area (Å²) in [6.45, 7) is -0.264. The van der Waals surface area contributed by atoms with Gasteiger partial charge in [0.1, 0.15) is 0 Å². The molecule has 1 amide bonds. The first-order valence-corrected chi connectivity index (χ1v) is 9.51. The van der Waals surface area contributed by atoms with Gasteiger partial charge < -0.3 is 10.1 Å². The molecule has 0 unspecified atom stereocenters. The molecule has 0 radical (unpaired) electrons. The molecule has 1 aliphatic rings. The molecule has 1 aliphatic carbocycles. The van der Waals surface area contributed by atoms with Crippen LogP contribution in [0.5, 0.6) is 0 Å². The molecule has 4 rings (SSSR count). The van der Waals surface area contributed by atoms with Gasteiger partial charge in [-0.05, 0) is 30.4 Å². The fraction of sp³-hybridized carbons (Fsp3) is 0.316. The number of imidazole rings is 1. The molecule has 0 fully saturated rings. The summed E-state index contributed by atoms with van der Waals surface area (Å²) in [4.78, 5) is 29.3. The Labute approximate surface area is 154 Å². The SMILES string of the molecule is O=C(COC(=O)Cc1cn2ccsc2n1)N[C@H]1CCCc2ccccc21. The number of carbonyl (C=O) groups excluding carboxylic acids is 2. The first-order chi connectivity index (χ1) is 12.7. The zero-order chi connectivity index (χ0) is 17.9. The van der Waals surface area contributed by atoms with E-state index in [0.29, 0.717) is 5.69 Å². The standard InChI is InChI=1S/C19H19N3O3S/c23-17(21-16-7-3-5-13-4-1-2-6-15(13)16)12-25-18(24)10-14-11-22-8-9-26-19(22)20-14/h1-2,4,6,8-9,11,16H,3,5,7,10,12H2,(H,21,23)/t16-/m0/s1. The number of esters is 1. The molecule has 3 aromatic rings. The largest absolute Gasteiger partial charge is 0.455 e. The van der Waals surface area contributed by atoms with Gasteiger partial charge in [-0.2, -0.15) is 0 Å². The lowest BCUT2D eigenvalue weighted by molar-refractivity contribution is -0.148. The van der Waals surface area contributed by atoms with Crippen molar-refractivity contribution in [3.63, 3.8) is 0 Å². The van der Waals surface area contributed by atoms with E-state index in [2.05, 4.69) is 22.4 Å². The fourth-order valence-corrected chi connectivity index (χ4v) is 4.07. The summed E-state index contributed by atoms with van der Waals surface area (Å²) in [7, 11) is 0. The van der Waals surface area contributed by atoms with Crippen molar-refractivity contribution in [3.05, 3.63) is 58.9 Å². The van der Waals surface area contributed by atoms with E-state index in [9.17, 15) is 9.59 Å². The first kappa shape index (κ1) is 16.8. The molecule has 1 aromatic carbocycles. The average molecular weight is 369 g/mol. The number of carbonyl (C=O) groups is 2. The van der Waals surface area contributed by atoms with Gasteiger partial charge in [-0.25, -0.2) is 4.98 Å². The van der Waals surface area contributed by atoms with E-state index in [-0.39, 0.29) is 25.0 Å². The number of fused-ring (bicyclic) bond motifs is 2. The van der Waals surface area contributed by atoms with Crippen LogP contribution in [0, 0.1) is 0 Å². The van der Waals surface area contributed by atoms with Crippen LogP contribution in [0.15, 0.2) is 42.0 Å². The predicted molar refractivity (Wildman–Crippen MR) is 98.0 cm³/mol. The molecule has 7 heteroatoms. The Balaban J connectivity index is 1.29. The van der Waals surface area contributed by atoms with Gasteiger partial charge in [-0.15, -0.1) is 11.3 Å². The Morgan fingerprint density at radius 2 is 2.23 bits per heavy atom. The van der Waals surface area contributed by atoms with Crippen molar-refractivity contribution in [2.24, 2.45) is 0 Å². The van der Waals surface area contributed by atoms with Gasteiger partial charge in [0, 0.05) is 17.8 Å². The zero-order valence-electron chi connectivity index (χ0n) is 14.2. The molecule has 0 spiro atoms. The van der Waals surface area contributed by atoms with Crippen LogP contribution in [-0.4, -0.2) is 27.9 Å². The summed E-state index contributed by atoms with van der Waals surface area (Å²) in [5, 5.41) is 4.91. The number of hydrogen-bond acceptors (Lipinski definition) is 5. The summed E-state index contributed by atoms with van der Waals surface area (Å²) in [6.07, 6.45) is 6.73. The summed E-state index contributed by atoms with van der Waals surface area (Å²) < 4.78 is 6.97. The number of aromatic nitrogens is 2. The number of benzene rings is 1. The average Bonchev–Trinajstić information content (AvgIpc) is 3.22. The van der Waals surface area contributed by atoms with E-state index in [1.807, 2.05) is 28.1 Å². The van der Waals surface area contributed by atoms with Crippen molar-refractivity contribution in [2.45, 2.75) is 31.7 Å². The number of aryl methyl sites for hydroxylation is 1. The molecule has 1 atom stereocenters. The highest BCUT2D eigenvalue weighted by Gasteiger charge is 2.21. The minimum absolute atomic E-state index is 0.00826. The maximum absolute atomic E-state index is 12.2. The number of thiazole rings is 1. The van der Waals surface area contributed by atoms with Crippen LogP contribution in [0.2, 0.25) is 0 Å². The van der Waals surface area contributed by atoms with Crippen LogP contribution in [0.1, 0.15) is 35.7 Å². The van der Waals surface area contributed by atoms with Crippen molar-refractivity contribution in [1.82, 2.24) is 14.7 Å². The number of amides is 1. The molecule has 1 N–H and O–H groups in total. The maximum Gasteiger partial charge on any atom is 0.312 e. The lowest BCUT2D eigenvalue weighted by Crippen LogP contribution is -2.34. The third-order valence-corrected chi connectivity index (χ3v) is 5.31. The van der Waals surface area contributed by atoms with Crippen LogP contribution in [-0.2, 0) is 27.2 Å². The van der Waals surface area contributed by atoms with Crippen molar-refractivity contribution in [1.29, 1.82) is 0 Å². The second-order valence-electron chi connectivity index (χ2n) is 6.37. The Morgan fingerprint density at radius 1 is 1.35 bits per heavy atom. The molecule has 134 valence electrons. The van der Waals surface area contributed by atoms with Gasteiger partial charge in [-0.1, -0.05) is 24.3 Å². The Bertz CT molecular complexity index is 918. The molecule has 0 saturated heterocycles. The molecule has 0 saturated carbocycles. The number of hydrogen-bond donors (Lipinski definition) is 1. The van der Waals surface area contributed by atoms with Crippen LogP contribution in [0.4, 0.5) is 0 Å². The van der Waals surface area contributed by atoms with E-state index in [1.54, 1.807) is 6.20 Å². The lowest BCUT2D eigenvalue weighted by Gasteiger charge is -2.26. The van der Waals surface area contributed by atoms with E-state index in [4.69, 9.17) is 4.74 Å². The van der Waals surface area contributed by atoms with Crippen molar-refractivity contribution in [2.75, 3.05) is 6.61 Å². The number of rotatable bonds is 5. The van der Waals surface area contributed by atoms with Crippen LogP contribution < -0.4 is 5.32 Å². The number of nitrogens with zero attached hydrogens (tertiary/aromatic N) is 2. The molecule has 2 aromatic heterocycles. The molecule has 2 heterocycles. The molecule has 6 nitrogen and oxygen atoms in total. The summed E-state index contributed by atoms with van der Waals surface area (Å²) in [5.74, 6) is -0.721. The van der Waals surface area contributed by atoms with Crippen LogP contribution in [0.3, 0.4) is 0 Å². The quantitative estimate of drug-likeness (QED) is 0.702. The van der Waals surface area contributed by atoms with Crippen LogP contribution in [0.25, 0.3) is 4.96 Å². The molecule has 0 bridgehead atoms. The Morgan fingerprint density at radius 3 is 3.12 bits per heavy atom. The van der Waals surface area contributed by atoms with Gasteiger partial charge in [0.15, 0.2) is 11.6 Å². The van der Waals surface area contributed by atoms with Crippen molar-refractivity contribution < 1.29 is 14.3 Å². The van der Waals surface area contributed by atoms with Gasteiger partial charge in [0.2, 0.25) is 0 Å². The topological polar surface area (TPSA) is 72.7 Å². The molecular formula is C19H19N3O3S. The first-order valence-electron chi connectivity index (χ1n) is 8.63. The third kappa shape index (κ3) is 3.62. The fourth-order valence-electron chi connectivity index (χ4n) is 3.35. The van der Waals surface area contributed by atoms with Crippen LogP contribution >= 0.6 is 11.3 Å². The van der Waals surface area contributed by atoms with E-state index < -0.39 is 5.97 Å². The van der Waals surface area contributed by atoms with Gasteiger partial charge in [0.25, 0.3) is 5.91 Å². The summed E-state index contributed by atoms with van der Waals surface area (Å²) >= 11 is 1.50. The van der Waals surface area contributed by atoms with Crippen molar-refractivity contribution >= 4 is 28.2 Å². The van der Waals surface area contributed by atoms with Gasteiger partial charge >= 0.3 is 5.97 Å². The number of nitrogens with one attached hydrogen (secondary N) is 1. The molecular weight excluding hydrogens is 350 g/mol. The third-order valence-electron chi connectivity index (χ3n) is 4.54.